The summed E-state index contributed by atoms with van der Waals surface area (Å²) >= 11 is 5.83. The molecule has 0 spiro atoms. The first kappa shape index (κ1) is 19.4. The van der Waals surface area contributed by atoms with Crippen molar-refractivity contribution < 1.29 is 18.9 Å². The average molecular weight is 401 g/mol. The first-order valence-electron chi connectivity index (χ1n) is 8.41. The Labute approximate surface area is 166 Å². The molecule has 1 amide bonds. The number of amides is 1. The average Bonchev–Trinajstić information content (AvgIpc) is 3.15. The Bertz CT molecular complexity index is 998. The Kier molecular flexibility index (Phi) is 5.96. The molecular formula is C20H17ClN2O5. The van der Waals surface area contributed by atoms with Crippen LogP contribution in [0.2, 0.25) is 5.02 Å². The third-order valence-electron chi connectivity index (χ3n) is 3.93. The fourth-order valence-electron chi connectivity index (χ4n) is 2.49. The van der Waals surface area contributed by atoms with E-state index in [4.69, 9.17) is 20.8 Å². The lowest BCUT2D eigenvalue weighted by molar-refractivity contribution is -0.386. The van der Waals surface area contributed by atoms with Gasteiger partial charge in [0.25, 0.3) is 5.91 Å². The molecule has 0 saturated carbocycles. The number of ether oxygens (including phenoxy) is 1. The molecule has 144 valence electrons. The second kappa shape index (κ2) is 8.58. The number of hydrogen-bond acceptors (Lipinski definition) is 5. The molecule has 0 aliphatic rings. The van der Waals surface area contributed by atoms with Crippen LogP contribution in [0.3, 0.4) is 0 Å². The van der Waals surface area contributed by atoms with Gasteiger partial charge in [-0.2, -0.15) is 0 Å². The summed E-state index contributed by atoms with van der Waals surface area (Å²) in [4.78, 5) is 22.8. The SMILES string of the molecule is Cc1ccc(OCc2ccc(C(=O)NCc3ccc(Cl)cc3)o2)c([N+](=O)[O-])c1. The summed E-state index contributed by atoms with van der Waals surface area (Å²) in [6, 6.07) is 14.9. The van der Waals surface area contributed by atoms with E-state index < -0.39 is 4.92 Å². The third-order valence-corrected chi connectivity index (χ3v) is 4.18. The van der Waals surface area contributed by atoms with Crippen LogP contribution < -0.4 is 10.1 Å². The number of hydrogen-bond donors (Lipinski definition) is 1. The summed E-state index contributed by atoms with van der Waals surface area (Å²) in [5, 5.41) is 14.5. The topological polar surface area (TPSA) is 94.6 Å². The lowest BCUT2D eigenvalue weighted by Gasteiger charge is -2.06. The van der Waals surface area contributed by atoms with Crippen molar-refractivity contribution in [3.05, 3.63) is 92.4 Å². The molecule has 0 atom stereocenters. The number of rotatable bonds is 7. The number of furan rings is 1. The lowest BCUT2D eigenvalue weighted by atomic mass is 10.2. The van der Waals surface area contributed by atoms with Crippen molar-refractivity contribution in [2.75, 3.05) is 0 Å². The van der Waals surface area contributed by atoms with E-state index in [2.05, 4.69) is 5.32 Å². The van der Waals surface area contributed by atoms with Gasteiger partial charge in [-0.3, -0.25) is 14.9 Å². The number of aryl methyl sites for hydroxylation is 1. The number of halogens is 1. The zero-order chi connectivity index (χ0) is 20.1. The molecule has 0 saturated heterocycles. The van der Waals surface area contributed by atoms with Crippen LogP contribution in [0.25, 0.3) is 0 Å². The van der Waals surface area contributed by atoms with Crippen molar-refractivity contribution in [3.8, 4) is 5.75 Å². The number of nitro groups is 1. The van der Waals surface area contributed by atoms with Crippen LogP contribution in [-0.4, -0.2) is 10.8 Å². The maximum atomic E-state index is 12.2. The van der Waals surface area contributed by atoms with Crippen molar-refractivity contribution in [2.45, 2.75) is 20.1 Å². The van der Waals surface area contributed by atoms with Crippen LogP contribution in [0.4, 0.5) is 5.69 Å². The summed E-state index contributed by atoms with van der Waals surface area (Å²) in [5.74, 6) is 0.278. The maximum absolute atomic E-state index is 12.2. The normalized spacial score (nSPS) is 10.5. The highest BCUT2D eigenvalue weighted by Crippen LogP contribution is 2.28. The first-order valence-corrected chi connectivity index (χ1v) is 8.79. The molecule has 7 nitrogen and oxygen atoms in total. The Hall–Kier alpha value is -3.32. The standard InChI is InChI=1S/C20H17ClN2O5/c1-13-2-8-18(17(10-13)23(25)26)27-12-16-7-9-19(28-16)20(24)22-11-14-3-5-15(21)6-4-14/h2-10H,11-12H2,1H3,(H,22,24). The Morgan fingerprint density at radius 3 is 2.64 bits per heavy atom. The van der Waals surface area contributed by atoms with E-state index in [1.165, 1.54) is 18.2 Å². The first-order chi connectivity index (χ1) is 13.4. The van der Waals surface area contributed by atoms with Crippen LogP contribution in [0, 0.1) is 17.0 Å². The van der Waals surface area contributed by atoms with Gasteiger partial charge in [0.05, 0.1) is 4.92 Å². The van der Waals surface area contributed by atoms with E-state index in [1.54, 1.807) is 31.2 Å². The fraction of sp³-hybridized carbons (Fsp3) is 0.150. The van der Waals surface area contributed by atoms with Crippen LogP contribution in [0.5, 0.6) is 5.75 Å². The molecular weight excluding hydrogens is 384 g/mol. The number of nitro benzene ring substituents is 1. The quantitative estimate of drug-likeness (QED) is 0.459. The predicted molar refractivity (Wildman–Crippen MR) is 103 cm³/mol. The van der Waals surface area contributed by atoms with Crippen molar-refractivity contribution in [1.29, 1.82) is 0 Å². The van der Waals surface area contributed by atoms with Gasteiger partial charge in [-0.25, -0.2) is 0 Å². The zero-order valence-corrected chi connectivity index (χ0v) is 15.7. The second-order valence-electron chi connectivity index (χ2n) is 6.09. The Morgan fingerprint density at radius 2 is 1.93 bits per heavy atom. The number of carbonyl (C=O) groups is 1. The lowest BCUT2D eigenvalue weighted by Crippen LogP contribution is -2.22. The fourth-order valence-corrected chi connectivity index (χ4v) is 2.62. The maximum Gasteiger partial charge on any atom is 0.311 e. The predicted octanol–water partition coefficient (Wildman–Crippen LogP) is 4.66. The molecule has 1 N–H and O–H groups in total. The summed E-state index contributed by atoms with van der Waals surface area (Å²) < 4.78 is 11.0. The molecule has 1 heterocycles. The van der Waals surface area contributed by atoms with E-state index in [0.717, 1.165) is 11.1 Å². The number of carbonyl (C=O) groups excluding carboxylic acids is 1. The second-order valence-corrected chi connectivity index (χ2v) is 6.53. The van der Waals surface area contributed by atoms with E-state index in [1.807, 2.05) is 12.1 Å². The highest BCUT2D eigenvalue weighted by molar-refractivity contribution is 6.30. The van der Waals surface area contributed by atoms with E-state index in [-0.39, 0.29) is 29.7 Å². The molecule has 0 unspecified atom stereocenters. The smallest absolute Gasteiger partial charge is 0.311 e. The molecule has 8 heteroatoms. The minimum absolute atomic E-state index is 0.0334. The summed E-state index contributed by atoms with van der Waals surface area (Å²) in [6.45, 7) is 2.06. The number of nitrogens with one attached hydrogen (secondary N) is 1. The highest BCUT2D eigenvalue weighted by atomic mass is 35.5. The molecule has 0 aliphatic heterocycles. The monoisotopic (exact) mass is 400 g/mol. The largest absolute Gasteiger partial charge is 0.479 e. The molecule has 0 aliphatic carbocycles. The van der Waals surface area contributed by atoms with E-state index in [9.17, 15) is 14.9 Å². The summed E-state index contributed by atoms with van der Waals surface area (Å²) in [7, 11) is 0. The Morgan fingerprint density at radius 1 is 1.18 bits per heavy atom. The van der Waals surface area contributed by atoms with Gasteiger partial charge in [0.1, 0.15) is 12.4 Å². The van der Waals surface area contributed by atoms with Crippen molar-refractivity contribution in [2.24, 2.45) is 0 Å². The van der Waals surface area contributed by atoms with Crippen LogP contribution >= 0.6 is 11.6 Å². The van der Waals surface area contributed by atoms with Crippen LogP contribution in [0.15, 0.2) is 59.0 Å². The van der Waals surface area contributed by atoms with Crippen molar-refractivity contribution >= 4 is 23.2 Å². The number of benzene rings is 2. The van der Waals surface area contributed by atoms with Gasteiger partial charge in [-0.1, -0.05) is 29.8 Å². The van der Waals surface area contributed by atoms with Crippen LogP contribution in [-0.2, 0) is 13.2 Å². The van der Waals surface area contributed by atoms with Gasteiger partial charge < -0.3 is 14.5 Å². The number of nitrogens with zero attached hydrogens (tertiary/aromatic N) is 1. The van der Waals surface area contributed by atoms with Crippen LogP contribution in [0.1, 0.15) is 27.4 Å². The molecule has 0 radical (unpaired) electrons. The molecule has 28 heavy (non-hydrogen) atoms. The summed E-state index contributed by atoms with van der Waals surface area (Å²) in [5.41, 5.74) is 1.55. The summed E-state index contributed by atoms with van der Waals surface area (Å²) in [6.07, 6.45) is 0. The Balaban J connectivity index is 1.59. The van der Waals surface area contributed by atoms with Crippen molar-refractivity contribution in [3.63, 3.8) is 0 Å². The van der Waals surface area contributed by atoms with Gasteiger partial charge in [0, 0.05) is 17.6 Å². The molecule has 2 aromatic carbocycles. The van der Waals surface area contributed by atoms with E-state index >= 15 is 0 Å². The van der Waals surface area contributed by atoms with Gasteiger partial charge in [-0.15, -0.1) is 0 Å². The highest BCUT2D eigenvalue weighted by Gasteiger charge is 2.16. The van der Waals surface area contributed by atoms with Gasteiger partial charge in [0.2, 0.25) is 0 Å². The molecule has 3 aromatic rings. The zero-order valence-electron chi connectivity index (χ0n) is 15.0. The van der Waals surface area contributed by atoms with Gasteiger partial charge in [-0.05, 0) is 48.4 Å². The van der Waals surface area contributed by atoms with Gasteiger partial charge in [0.15, 0.2) is 11.5 Å². The molecule has 1 aromatic heterocycles. The minimum Gasteiger partial charge on any atom is -0.479 e. The molecule has 0 fully saturated rings. The van der Waals surface area contributed by atoms with E-state index in [0.29, 0.717) is 17.3 Å². The van der Waals surface area contributed by atoms with Crippen molar-refractivity contribution in [1.82, 2.24) is 5.32 Å². The molecule has 3 rings (SSSR count). The van der Waals surface area contributed by atoms with Gasteiger partial charge >= 0.3 is 5.69 Å². The molecule has 0 bridgehead atoms. The third kappa shape index (κ3) is 4.89. The minimum atomic E-state index is -0.500.